The van der Waals surface area contributed by atoms with Crippen LogP contribution in [0.15, 0.2) is 0 Å². The summed E-state index contributed by atoms with van der Waals surface area (Å²) >= 11 is 0. The monoisotopic (exact) mass is 485 g/mol. The molecule has 0 saturated carbocycles. The zero-order chi connectivity index (χ0) is 24.1. The molecule has 0 aromatic heterocycles. The lowest BCUT2D eigenvalue weighted by Gasteiger charge is -2.09. The van der Waals surface area contributed by atoms with Crippen molar-refractivity contribution in [2.24, 2.45) is 0 Å². The molecule has 1 amide bonds. The lowest BCUT2D eigenvalue weighted by molar-refractivity contribution is -0.120. The molecule has 0 heterocycles. The number of halogens is 3. The summed E-state index contributed by atoms with van der Waals surface area (Å²) in [5.41, 5.74) is -5.45. The Morgan fingerprint density at radius 2 is 0.875 bits per heavy atom. The summed E-state index contributed by atoms with van der Waals surface area (Å²) in [6.45, 7) is 2.25. The Hall–Kier alpha value is -0.790. The van der Waals surface area contributed by atoms with Crippen LogP contribution in [0.2, 0.25) is 0 Å². The molecule has 0 aliphatic rings. The zero-order valence-electron chi connectivity index (χ0n) is 20.1. The third-order valence-corrected chi connectivity index (χ3v) is 6.92. The summed E-state index contributed by atoms with van der Waals surface area (Å²) in [7, 11) is -5.57. The maximum Gasteiger partial charge on any atom is 0.516 e. The van der Waals surface area contributed by atoms with Gasteiger partial charge in [0.05, 0.1) is 0 Å². The number of carbonyl (C=O) groups excluding carboxylic acids is 1. The van der Waals surface area contributed by atoms with Crippen LogP contribution in [-0.4, -0.2) is 19.8 Å². The van der Waals surface area contributed by atoms with Gasteiger partial charge in [-0.3, -0.25) is 4.79 Å². The van der Waals surface area contributed by atoms with Crippen molar-refractivity contribution in [1.82, 2.24) is 4.72 Å². The fraction of sp³-hybridized carbons (Fsp3) is 0.958. The first-order chi connectivity index (χ1) is 15.2. The largest absolute Gasteiger partial charge is 0.516 e. The summed E-state index contributed by atoms with van der Waals surface area (Å²) in [4.78, 5) is 11.3. The summed E-state index contributed by atoms with van der Waals surface area (Å²) in [5.74, 6) is -1.09. The summed E-state index contributed by atoms with van der Waals surface area (Å²) in [5, 5.41) is 0. The number of unbranched alkanes of at least 4 members (excludes halogenated alkanes) is 19. The maximum absolute atomic E-state index is 12.2. The summed E-state index contributed by atoms with van der Waals surface area (Å²) < 4.78 is 59.2. The molecule has 4 nitrogen and oxygen atoms in total. The van der Waals surface area contributed by atoms with Crippen LogP contribution in [0.5, 0.6) is 0 Å². The Morgan fingerprint density at radius 3 is 1.16 bits per heavy atom. The highest BCUT2D eigenvalue weighted by atomic mass is 32.2. The molecule has 0 atom stereocenters. The van der Waals surface area contributed by atoms with E-state index in [9.17, 15) is 26.4 Å². The third-order valence-electron chi connectivity index (χ3n) is 5.81. The number of hydrogen-bond acceptors (Lipinski definition) is 3. The molecule has 0 bridgehead atoms. The van der Waals surface area contributed by atoms with Crippen molar-refractivity contribution >= 4 is 15.9 Å². The molecule has 0 fully saturated rings. The molecule has 0 rings (SSSR count). The van der Waals surface area contributed by atoms with Crippen molar-refractivity contribution in [2.75, 3.05) is 0 Å². The fourth-order valence-electron chi connectivity index (χ4n) is 3.80. The van der Waals surface area contributed by atoms with Gasteiger partial charge in [-0.1, -0.05) is 129 Å². The molecule has 0 aliphatic heterocycles. The van der Waals surface area contributed by atoms with E-state index in [-0.39, 0.29) is 6.42 Å². The first kappa shape index (κ1) is 31.2. The molecule has 1 N–H and O–H groups in total. The zero-order valence-corrected chi connectivity index (χ0v) is 20.9. The highest BCUT2D eigenvalue weighted by Crippen LogP contribution is 2.21. The van der Waals surface area contributed by atoms with E-state index in [1.165, 1.54) is 96.3 Å². The van der Waals surface area contributed by atoms with E-state index < -0.39 is 21.4 Å². The minimum Gasteiger partial charge on any atom is -0.274 e. The molecular formula is C24H46F3NO3S. The van der Waals surface area contributed by atoms with Gasteiger partial charge in [0, 0.05) is 6.42 Å². The number of hydrogen-bond donors (Lipinski definition) is 1. The van der Waals surface area contributed by atoms with Crippen LogP contribution in [0, 0.1) is 0 Å². The molecule has 192 valence electrons. The molecule has 0 aliphatic carbocycles. The van der Waals surface area contributed by atoms with E-state index in [0.717, 1.165) is 30.4 Å². The average Bonchev–Trinajstić information content (AvgIpc) is 2.71. The molecule has 0 saturated heterocycles. The van der Waals surface area contributed by atoms with Gasteiger partial charge in [0.2, 0.25) is 5.91 Å². The molecule has 0 radical (unpaired) electrons. The first-order valence-electron chi connectivity index (χ1n) is 12.8. The van der Waals surface area contributed by atoms with E-state index in [2.05, 4.69) is 6.92 Å². The van der Waals surface area contributed by atoms with Gasteiger partial charge in [0.15, 0.2) is 0 Å². The molecule has 32 heavy (non-hydrogen) atoms. The van der Waals surface area contributed by atoms with Crippen molar-refractivity contribution in [3.8, 4) is 0 Å². The molecule has 0 spiro atoms. The molecular weight excluding hydrogens is 439 g/mol. The smallest absolute Gasteiger partial charge is 0.274 e. The predicted molar refractivity (Wildman–Crippen MR) is 126 cm³/mol. The standard InChI is InChI=1S/C24H46F3NO3S/c1-2-3-4-5-6-7-8-9-10-11-12-13-14-15-16-17-18-19-20-21-22-23(29)28-32(30,31)24(25,26)27/h2-22H2,1H3,(H,28,29). The van der Waals surface area contributed by atoms with Crippen LogP contribution >= 0.6 is 0 Å². The number of amides is 1. The predicted octanol–water partition coefficient (Wildman–Crippen LogP) is 8.16. The van der Waals surface area contributed by atoms with E-state index in [1.807, 2.05) is 0 Å². The van der Waals surface area contributed by atoms with E-state index in [1.54, 1.807) is 0 Å². The van der Waals surface area contributed by atoms with Crippen LogP contribution in [-0.2, 0) is 14.8 Å². The van der Waals surface area contributed by atoms with Crippen molar-refractivity contribution in [3.05, 3.63) is 0 Å². The van der Waals surface area contributed by atoms with Gasteiger partial charge in [0.25, 0.3) is 0 Å². The Labute approximate surface area is 194 Å². The summed E-state index contributed by atoms with van der Waals surface area (Å²) in [6.07, 6.45) is 24.2. The van der Waals surface area contributed by atoms with E-state index in [0.29, 0.717) is 6.42 Å². The maximum atomic E-state index is 12.2. The van der Waals surface area contributed by atoms with Crippen molar-refractivity contribution in [2.45, 2.75) is 147 Å². The number of rotatable bonds is 22. The SMILES string of the molecule is CCCCCCCCCCCCCCCCCCCCCCC(=O)NS(=O)(=O)C(F)(F)F. The molecule has 0 unspecified atom stereocenters. The quantitative estimate of drug-likeness (QED) is 0.157. The van der Waals surface area contributed by atoms with Crippen LogP contribution in [0.1, 0.15) is 142 Å². The van der Waals surface area contributed by atoms with Gasteiger partial charge in [-0.05, 0) is 6.42 Å². The lowest BCUT2D eigenvalue weighted by Crippen LogP contribution is -2.40. The summed E-state index contributed by atoms with van der Waals surface area (Å²) in [6, 6.07) is 0. The lowest BCUT2D eigenvalue weighted by atomic mass is 10.0. The Kier molecular flexibility index (Phi) is 19.2. The van der Waals surface area contributed by atoms with Crippen molar-refractivity contribution in [1.29, 1.82) is 0 Å². The van der Waals surface area contributed by atoms with Crippen molar-refractivity contribution in [3.63, 3.8) is 0 Å². The average molecular weight is 486 g/mol. The minimum atomic E-state index is -5.57. The highest BCUT2D eigenvalue weighted by Gasteiger charge is 2.46. The normalized spacial score (nSPS) is 12.2. The van der Waals surface area contributed by atoms with Crippen molar-refractivity contribution < 1.29 is 26.4 Å². The second kappa shape index (κ2) is 19.7. The topological polar surface area (TPSA) is 63.2 Å². The Morgan fingerprint density at radius 1 is 0.594 bits per heavy atom. The van der Waals surface area contributed by atoms with Gasteiger partial charge >= 0.3 is 15.5 Å². The van der Waals surface area contributed by atoms with Crippen LogP contribution < -0.4 is 4.72 Å². The first-order valence-corrected chi connectivity index (χ1v) is 14.3. The van der Waals surface area contributed by atoms with Gasteiger partial charge in [-0.25, -0.2) is 4.72 Å². The van der Waals surface area contributed by atoms with Crippen LogP contribution in [0.3, 0.4) is 0 Å². The van der Waals surface area contributed by atoms with E-state index >= 15 is 0 Å². The Bertz CT molecular complexity index is 551. The Balaban J connectivity index is 3.29. The molecule has 0 aromatic carbocycles. The minimum absolute atomic E-state index is 0.200. The van der Waals surface area contributed by atoms with Crippen LogP contribution in [0.25, 0.3) is 0 Å². The number of carbonyl (C=O) groups is 1. The van der Waals surface area contributed by atoms with Gasteiger partial charge in [-0.2, -0.15) is 21.6 Å². The van der Waals surface area contributed by atoms with Gasteiger partial charge < -0.3 is 0 Å². The highest BCUT2D eigenvalue weighted by molar-refractivity contribution is 7.90. The van der Waals surface area contributed by atoms with Gasteiger partial charge in [-0.15, -0.1) is 0 Å². The number of nitrogens with one attached hydrogen (secondary N) is 1. The second-order valence-corrected chi connectivity index (χ2v) is 10.6. The second-order valence-electron chi connectivity index (χ2n) is 8.94. The van der Waals surface area contributed by atoms with E-state index in [4.69, 9.17) is 0 Å². The fourth-order valence-corrected chi connectivity index (χ4v) is 4.32. The molecule has 8 heteroatoms. The number of sulfonamides is 1. The van der Waals surface area contributed by atoms with Gasteiger partial charge in [0.1, 0.15) is 0 Å². The van der Waals surface area contributed by atoms with Crippen LogP contribution in [0.4, 0.5) is 13.2 Å². The third kappa shape index (κ3) is 18.8. The number of alkyl halides is 3. The molecule has 0 aromatic rings.